The summed E-state index contributed by atoms with van der Waals surface area (Å²) in [6.45, 7) is 3.52. The summed E-state index contributed by atoms with van der Waals surface area (Å²) < 4.78 is 11.2. The van der Waals surface area contributed by atoms with Gasteiger partial charge in [-0.05, 0) is 116 Å². The van der Waals surface area contributed by atoms with Crippen molar-refractivity contribution in [3.63, 3.8) is 0 Å². The second-order valence-electron chi connectivity index (χ2n) is 17.9. The minimum Gasteiger partial charge on any atom is -0.394 e. The van der Waals surface area contributed by atoms with E-state index < -0.39 is 49.5 Å². The van der Waals surface area contributed by atoms with Gasteiger partial charge >= 0.3 is 0 Å². The summed E-state index contributed by atoms with van der Waals surface area (Å²) in [4.78, 5) is 13.0. The van der Waals surface area contributed by atoms with Crippen molar-refractivity contribution in [1.29, 1.82) is 0 Å². The average Bonchev–Trinajstić information content (AvgIpc) is 3.37. The van der Waals surface area contributed by atoms with Crippen LogP contribution in [0.2, 0.25) is 0 Å². The second-order valence-corrected chi connectivity index (χ2v) is 17.9. The van der Waals surface area contributed by atoms with E-state index in [9.17, 15) is 30.3 Å². The molecule has 0 aromatic rings. The van der Waals surface area contributed by atoms with E-state index in [1.54, 1.807) is 6.08 Å². The van der Waals surface area contributed by atoms with Crippen molar-refractivity contribution < 1.29 is 39.8 Å². The van der Waals surface area contributed by atoms with Crippen LogP contribution in [-0.4, -0.2) is 87.5 Å². The predicted molar refractivity (Wildman–Crippen MR) is 299 cm³/mol. The number of aliphatic hydroxyl groups excluding tert-OH is 5. The summed E-state index contributed by atoms with van der Waals surface area (Å²) in [7, 11) is 0. The van der Waals surface area contributed by atoms with Crippen molar-refractivity contribution in [3.05, 3.63) is 158 Å². The Morgan fingerprint density at radius 3 is 1.34 bits per heavy atom. The lowest BCUT2D eigenvalue weighted by molar-refractivity contribution is -0.302. The highest BCUT2D eigenvalue weighted by Gasteiger charge is 2.44. The van der Waals surface area contributed by atoms with E-state index in [2.05, 4.69) is 165 Å². The third-order valence-electron chi connectivity index (χ3n) is 11.5. The Balaban J connectivity index is 2.21. The van der Waals surface area contributed by atoms with Crippen molar-refractivity contribution in [3.8, 4) is 0 Å². The molecule has 9 nitrogen and oxygen atoms in total. The molecule has 0 aromatic carbocycles. The van der Waals surface area contributed by atoms with E-state index in [0.29, 0.717) is 12.8 Å². The SMILES string of the molecule is CC/C=C\C/C=C\C/C=C\C/C=C\C/C=C\C/C=C\C/C=C\C/C=C\C/C=C\C/C=C\CCCCCCCCC(=O)NC(COC1OC(CO)C(O)C(O)C1O)C(O)/C=C/CC/C=C/CC/C=C/CCC. The minimum atomic E-state index is -1.59. The number of hydrogen-bond donors (Lipinski definition) is 6. The Hall–Kier alpha value is -4.19. The van der Waals surface area contributed by atoms with Gasteiger partial charge in [0.25, 0.3) is 0 Å². The van der Waals surface area contributed by atoms with Crippen molar-refractivity contribution in [2.45, 2.75) is 211 Å². The molecule has 1 aliphatic heterocycles. The fraction of sp³-hybridized carbons (Fsp3) is 0.565. The van der Waals surface area contributed by atoms with Gasteiger partial charge in [0.2, 0.25) is 5.91 Å². The van der Waals surface area contributed by atoms with E-state index in [0.717, 1.165) is 141 Å². The molecule has 0 aromatic heterocycles. The van der Waals surface area contributed by atoms with Crippen LogP contribution in [0.25, 0.3) is 0 Å². The zero-order valence-electron chi connectivity index (χ0n) is 43.9. The van der Waals surface area contributed by atoms with Gasteiger partial charge in [-0.25, -0.2) is 0 Å². The minimum absolute atomic E-state index is 0.216. The molecule has 9 heteroatoms. The van der Waals surface area contributed by atoms with Crippen LogP contribution < -0.4 is 5.32 Å². The van der Waals surface area contributed by atoms with Gasteiger partial charge in [0.1, 0.15) is 24.4 Å². The maximum absolute atomic E-state index is 13.0. The molecular formula is C62H97NO8. The highest BCUT2D eigenvalue weighted by Crippen LogP contribution is 2.22. The summed E-state index contributed by atoms with van der Waals surface area (Å²) in [5.41, 5.74) is 0. The van der Waals surface area contributed by atoms with Crippen LogP contribution in [-0.2, 0) is 14.3 Å². The smallest absolute Gasteiger partial charge is 0.220 e. The van der Waals surface area contributed by atoms with Gasteiger partial charge in [0, 0.05) is 6.42 Å². The Kier molecular flexibility index (Phi) is 45.1. The molecule has 7 unspecified atom stereocenters. The number of ether oxygens (including phenoxy) is 2. The fourth-order valence-electron chi connectivity index (χ4n) is 7.28. The van der Waals surface area contributed by atoms with Gasteiger partial charge in [-0.15, -0.1) is 0 Å². The molecule has 0 saturated carbocycles. The first kappa shape index (κ1) is 64.8. The molecule has 6 N–H and O–H groups in total. The lowest BCUT2D eigenvalue weighted by Gasteiger charge is -2.40. The quantitative estimate of drug-likeness (QED) is 0.0261. The number of rotatable bonds is 43. The number of amides is 1. The van der Waals surface area contributed by atoms with Crippen LogP contribution in [0.1, 0.15) is 168 Å². The molecule has 1 rings (SSSR count). The third-order valence-corrected chi connectivity index (χ3v) is 11.5. The number of carbonyl (C=O) groups excluding carboxylic acids is 1. The summed E-state index contributed by atoms with van der Waals surface area (Å²) in [6, 6.07) is -0.847. The molecule has 1 heterocycles. The number of unbranched alkanes of at least 4 members (excludes halogenated alkanes) is 9. The predicted octanol–water partition coefficient (Wildman–Crippen LogP) is 13.3. The first-order chi connectivity index (χ1) is 34.8. The second kappa shape index (κ2) is 49.4. The molecule has 0 radical (unpaired) electrons. The lowest BCUT2D eigenvalue weighted by Crippen LogP contribution is -2.60. The Morgan fingerprint density at radius 2 is 0.887 bits per heavy atom. The number of hydrogen-bond acceptors (Lipinski definition) is 8. The van der Waals surface area contributed by atoms with Crippen LogP contribution in [0.5, 0.6) is 0 Å². The highest BCUT2D eigenvalue weighted by atomic mass is 16.7. The molecule has 71 heavy (non-hydrogen) atoms. The maximum Gasteiger partial charge on any atom is 0.220 e. The molecule has 1 fully saturated rings. The van der Waals surface area contributed by atoms with E-state index in [1.807, 2.05) is 6.08 Å². The largest absolute Gasteiger partial charge is 0.394 e. The average molecular weight is 984 g/mol. The van der Waals surface area contributed by atoms with Gasteiger partial charge in [-0.2, -0.15) is 0 Å². The summed E-state index contributed by atoms with van der Waals surface area (Å²) in [6.07, 6.45) is 71.7. The fourth-order valence-corrected chi connectivity index (χ4v) is 7.28. The number of nitrogens with one attached hydrogen (secondary N) is 1. The van der Waals surface area contributed by atoms with E-state index >= 15 is 0 Å². The molecule has 0 aliphatic carbocycles. The highest BCUT2D eigenvalue weighted by molar-refractivity contribution is 5.76. The molecular weight excluding hydrogens is 887 g/mol. The van der Waals surface area contributed by atoms with Crippen LogP contribution in [0, 0.1) is 0 Å². The molecule has 0 spiro atoms. The number of carbonyl (C=O) groups is 1. The Morgan fingerprint density at radius 1 is 0.493 bits per heavy atom. The van der Waals surface area contributed by atoms with Gasteiger partial charge in [-0.3, -0.25) is 4.79 Å². The summed E-state index contributed by atoms with van der Waals surface area (Å²) in [5, 5.41) is 54.2. The summed E-state index contributed by atoms with van der Waals surface area (Å²) in [5.74, 6) is -0.216. The van der Waals surface area contributed by atoms with Crippen LogP contribution >= 0.6 is 0 Å². The van der Waals surface area contributed by atoms with E-state index in [-0.39, 0.29) is 12.5 Å². The topological polar surface area (TPSA) is 149 Å². The molecule has 1 amide bonds. The van der Waals surface area contributed by atoms with Crippen molar-refractivity contribution >= 4 is 5.91 Å². The zero-order valence-corrected chi connectivity index (χ0v) is 43.9. The van der Waals surface area contributed by atoms with Crippen molar-refractivity contribution in [2.24, 2.45) is 0 Å². The maximum atomic E-state index is 13.0. The molecule has 1 saturated heterocycles. The molecule has 0 bridgehead atoms. The van der Waals surface area contributed by atoms with Gasteiger partial charge in [-0.1, -0.05) is 204 Å². The molecule has 1 aliphatic rings. The van der Waals surface area contributed by atoms with E-state index in [1.165, 1.54) is 0 Å². The Bertz CT molecular complexity index is 1660. The van der Waals surface area contributed by atoms with E-state index in [4.69, 9.17) is 9.47 Å². The monoisotopic (exact) mass is 984 g/mol. The first-order valence-electron chi connectivity index (χ1n) is 27.2. The Labute approximate surface area is 431 Å². The van der Waals surface area contributed by atoms with Crippen LogP contribution in [0.3, 0.4) is 0 Å². The van der Waals surface area contributed by atoms with Crippen molar-refractivity contribution in [2.75, 3.05) is 13.2 Å². The van der Waals surface area contributed by atoms with Gasteiger partial charge < -0.3 is 40.3 Å². The summed E-state index contributed by atoms with van der Waals surface area (Å²) >= 11 is 0. The number of aliphatic hydroxyl groups is 5. The van der Waals surface area contributed by atoms with Crippen LogP contribution in [0.15, 0.2) is 158 Å². The normalized spacial score (nSPS) is 20.6. The molecule has 7 atom stereocenters. The third kappa shape index (κ3) is 39.1. The molecule has 398 valence electrons. The first-order valence-corrected chi connectivity index (χ1v) is 27.2. The van der Waals surface area contributed by atoms with Gasteiger partial charge in [0.15, 0.2) is 6.29 Å². The van der Waals surface area contributed by atoms with Gasteiger partial charge in [0.05, 0.1) is 25.4 Å². The standard InChI is InChI=1S/C62H97NO8/c1-3-5-7-9-11-13-15-16-17-18-19-20-21-22-23-24-25-26-27-28-29-30-31-32-33-34-35-36-37-38-39-40-42-44-46-48-50-52-58(66)63-55(54-70-62-61(69)60(68)59(67)57(53-64)71-62)56(65)51-49-47-45-43-41-14-12-10-8-6-4-2/h5,7-8,10-11,13,16-17,19-20,22-23,25-26,28-29,31-32,34-35,37-38,41,43,49,51,55-57,59-62,64-65,67-69H,3-4,6,9,12,14-15,18,21,24,27,30,33,36,39-40,42,44-48,50,52-54H2,1-2H3,(H,63,66)/b7-5-,10-8+,13-11-,17-16-,20-19-,23-22-,26-25-,29-28-,32-31-,35-34-,38-37-,43-41+,51-49+. The zero-order chi connectivity index (χ0) is 51.5. The lowest BCUT2D eigenvalue weighted by atomic mass is 9.99. The van der Waals surface area contributed by atoms with Crippen molar-refractivity contribution in [1.82, 2.24) is 5.32 Å². The van der Waals surface area contributed by atoms with Crippen LogP contribution in [0.4, 0.5) is 0 Å². The number of allylic oxidation sites excluding steroid dienone is 25.